The van der Waals surface area contributed by atoms with Crippen LogP contribution < -0.4 is 5.32 Å². The molecule has 0 aliphatic carbocycles. The van der Waals surface area contributed by atoms with Gasteiger partial charge in [-0.25, -0.2) is 0 Å². The highest BCUT2D eigenvalue weighted by molar-refractivity contribution is 6.07. The van der Waals surface area contributed by atoms with Crippen molar-refractivity contribution in [1.82, 2.24) is 4.98 Å². The number of benzene rings is 2. The van der Waals surface area contributed by atoms with E-state index in [-0.39, 0.29) is 5.91 Å². The van der Waals surface area contributed by atoms with Crippen molar-refractivity contribution < 1.29 is 4.79 Å². The summed E-state index contributed by atoms with van der Waals surface area (Å²) >= 11 is 0. The van der Waals surface area contributed by atoms with E-state index in [9.17, 15) is 4.79 Å². The van der Waals surface area contributed by atoms with E-state index in [0.29, 0.717) is 17.7 Å². The molecule has 0 radical (unpaired) electrons. The van der Waals surface area contributed by atoms with Crippen LogP contribution in [0.3, 0.4) is 0 Å². The Morgan fingerprint density at radius 2 is 1.77 bits per heavy atom. The van der Waals surface area contributed by atoms with E-state index in [0.717, 1.165) is 16.5 Å². The third-order valence-corrected chi connectivity index (χ3v) is 3.46. The molecule has 1 N–H and O–H groups in total. The Bertz CT molecular complexity index is 820. The summed E-state index contributed by atoms with van der Waals surface area (Å²) in [4.78, 5) is 16.7. The Hall–Kier alpha value is -2.94. The summed E-state index contributed by atoms with van der Waals surface area (Å²) in [6.07, 6.45) is 2.25. The van der Waals surface area contributed by atoms with Gasteiger partial charge in [-0.05, 0) is 17.7 Å². The standard InChI is InChI=1S/C19H16N2O/c1-14(13-15-7-3-2-4-8-15)19(22)21-17-11-5-9-16-10-6-12-20-18(16)17/h2-12H,1,13H2,(H,21,22). The van der Waals surface area contributed by atoms with Crippen LogP contribution in [0, 0.1) is 0 Å². The third-order valence-electron chi connectivity index (χ3n) is 3.46. The van der Waals surface area contributed by atoms with Gasteiger partial charge in [0.25, 0.3) is 5.91 Å². The SMILES string of the molecule is C=C(Cc1ccccc1)C(=O)Nc1cccc2cccnc12. The van der Waals surface area contributed by atoms with Gasteiger partial charge in [-0.15, -0.1) is 0 Å². The first-order valence-corrected chi connectivity index (χ1v) is 7.11. The fourth-order valence-electron chi connectivity index (χ4n) is 2.34. The molecule has 3 nitrogen and oxygen atoms in total. The molecule has 0 bridgehead atoms. The van der Waals surface area contributed by atoms with E-state index < -0.39 is 0 Å². The average Bonchev–Trinajstić information content (AvgIpc) is 2.56. The zero-order chi connectivity index (χ0) is 15.4. The maximum atomic E-state index is 12.3. The van der Waals surface area contributed by atoms with Gasteiger partial charge < -0.3 is 5.32 Å². The second kappa shape index (κ2) is 6.22. The smallest absolute Gasteiger partial charge is 0.251 e. The number of pyridine rings is 1. The highest BCUT2D eigenvalue weighted by Gasteiger charge is 2.10. The van der Waals surface area contributed by atoms with Gasteiger partial charge in [-0.2, -0.15) is 0 Å². The van der Waals surface area contributed by atoms with E-state index in [1.165, 1.54) is 0 Å². The van der Waals surface area contributed by atoms with Crippen LogP contribution in [0.5, 0.6) is 0 Å². The van der Waals surface area contributed by atoms with Gasteiger partial charge in [0.15, 0.2) is 0 Å². The highest BCUT2D eigenvalue weighted by atomic mass is 16.1. The predicted molar refractivity (Wildman–Crippen MR) is 89.7 cm³/mol. The lowest BCUT2D eigenvalue weighted by Gasteiger charge is -2.10. The van der Waals surface area contributed by atoms with Gasteiger partial charge in [0.05, 0.1) is 11.2 Å². The fourth-order valence-corrected chi connectivity index (χ4v) is 2.34. The number of aromatic nitrogens is 1. The van der Waals surface area contributed by atoms with Crippen LogP contribution in [0.2, 0.25) is 0 Å². The van der Waals surface area contributed by atoms with Gasteiger partial charge in [0.1, 0.15) is 0 Å². The van der Waals surface area contributed by atoms with E-state index in [4.69, 9.17) is 0 Å². The number of hydrogen-bond donors (Lipinski definition) is 1. The Morgan fingerprint density at radius 3 is 2.59 bits per heavy atom. The number of nitrogens with one attached hydrogen (secondary N) is 1. The zero-order valence-electron chi connectivity index (χ0n) is 12.1. The van der Waals surface area contributed by atoms with Crippen LogP contribution in [-0.2, 0) is 11.2 Å². The number of rotatable bonds is 4. The monoisotopic (exact) mass is 288 g/mol. The number of fused-ring (bicyclic) bond motifs is 1. The van der Waals surface area contributed by atoms with Crippen molar-refractivity contribution in [3.05, 3.63) is 84.6 Å². The van der Waals surface area contributed by atoms with Crippen molar-refractivity contribution in [1.29, 1.82) is 0 Å². The molecule has 0 atom stereocenters. The van der Waals surface area contributed by atoms with Crippen molar-refractivity contribution in [2.75, 3.05) is 5.32 Å². The van der Waals surface area contributed by atoms with Gasteiger partial charge in [-0.1, -0.05) is 55.1 Å². The molecule has 0 fully saturated rings. The molecule has 0 saturated heterocycles. The molecule has 0 spiro atoms. The zero-order valence-corrected chi connectivity index (χ0v) is 12.1. The molecule has 0 saturated carbocycles. The molecular weight excluding hydrogens is 272 g/mol. The van der Waals surface area contributed by atoms with E-state index >= 15 is 0 Å². The number of para-hydroxylation sites is 1. The summed E-state index contributed by atoms with van der Waals surface area (Å²) < 4.78 is 0. The molecule has 3 heteroatoms. The number of nitrogens with zero attached hydrogens (tertiary/aromatic N) is 1. The van der Waals surface area contributed by atoms with E-state index in [1.807, 2.05) is 60.7 Å². The molecule has 0 aliphatic heterocycles. The summed E-state index contributed by atoms with van der Waals surface area (Å²) in [5.74, 6) is -0.179. The Labute approximate surface area is 129 Å². The number of carbonyl (C=O) groups excluding carboxylic acids is 1. The lowest BCUT2D eigenvalue weighted by Crippen LogP contribution is -2.15. The highest BCUT2D eigenvalue weighted by Crippen LogP contribution is 2.21. The van der Waals surface area contributed by atoms with Crippen LogP contribution >= 0.6 is 0 Å². The maximum Gasteiger partial charge on any atom is 0.251 e. The Morgan fingerprint density at radius 1 is 1.00 bits per heavy atom. The van der Waals surface area contributed by atoms with E-state index in [2.05, 4.69) is 16.9 Å². The summed E-state index contributed by atoms with van der Waals surface area (Å²) in [6.45, 7) is 3.89. The molecule has 1 heterocycles. The van der Waals surface area contributed by atoms with E-state index in [1.54, 1.807) is 6.20 Å². The average molecular weight is 288 g/mol. The van der Waals surface area contributed by atoms with Crippen LogP contribution in [0.25, 0.3) is 10.9 Å². The van der Waals surface area contributed by atoms with Gasteiger partial charge in [-0.3, -0.25) is 9.78 Å². The first kappa shape index (κ1) is 14.0. The number of hydrogen-bond acceptors (Lipinski definition) is 2. The van der Waals surface area contributed by atoms with Crippen molar-refractivity contribution in [3.63, 3.8) is 0 Å². The van der Waals surface area contributed by atoms with Gasteiger partial charge in [0.2, 0.25) is 0 Å². The number of anilines is 1. The molecule has 108 valence electrons. The summed E-state index contributed by atoms with van der Waals surface area (Å²) in [6, 6.07) is 19.4. The number of amides is 1. The molecule has 1 amide bonds. The minimum atomic E-state index is -0.179. The summed E-state index contributed by atoms with van der Waals surface area (Å²) in [5.41, 5.74) is 3.08. The second-order valence-corrected chi connectivity index (χ2v) is 5.10. The summed E-state index contributed by atoms with van der Waals surface area (Å²) in [7, 11) is 0. The van der Waals surface area contributed by atoms with Gasteiger partial charge >= 0.3 is 0 Å². The predicted octanol–water partition coefficient (Wildman–Crippen LogP) is 3.97. The first-order valence-electron chi connectivity index (χ1n) is 7.11. The topological polar surface area (TPSA) is 42.0 Å². The molecule has 2 aromatic carbocycles. The molecule has 3 rings (SSSR count). The van der Waals surface area contributed by atoms with Crippen LogP contribution in [-0.4, -0.2) is 10.9 Å². The second-order valence-electron chi connectivity index (χ2n) is 5.10. The molecule has 22 heavy (non-hydrogen) atoms. The molecule has 0 aliphatic rings. The minimum Gasteiger partial charge on any atom is -0.320 e. The Balaban J connectivity index is 1.77. The molecular formula is C19H16N2O. The van der Waals surface area contributed by atoms with Crippen LogP contribution in [0.1, 0.15) is 5.56 Å². The van der Waals surface area contributed by atoms with Crippen molar-refractivity contribution >= 4 is 22.5 Å². The molecule has 1 aromatic heterocycles. The Kier molecular flexibility index (Phi) is 3.97. The van der Waals surface area contributed by atoms with Crippen molar-refractivity contribution in [2.24, 2.45) is 0 Å². The molecule has 3 aromatic rings. The van der Waals surface area contributed by atoms with Crippen molar-refractivity contribution in [2.45, 2.75) is 6.42 Å². The lowest BCUT2D eigenvalue weighted by molar-refractivity contribution is -0.112. The normalized spacial score (nSPS) is 10.4. The van der Waals surface area contributed by atoms with Crippen LogP contribution in [0.4, 0.5) is 5.69 Å². The molecule has 0 unspecified atom stereocenters. The lowest BCUT2D eigenvalue weighted by atomic mass is 10.1. The first-order chi connectivity index (χ1) is 10.7. The third kappa shape index (κ3) is 3.04. The minimum absolute atomic E-state index is 0.179. The largest absolute Gasteiger partial charge is 0.320 e. The maximum absolute atomic E-state index is 12.3. The summed E-state index contributed by atoms with van der Waals surface area (Å²) in [5, 5.41) is 3.90. The van der Waals surface area contributed by atoms with Crippen LogP contribution in [0.15, 0.2) is 79.0 Å². The van der Waals surface area contributed by atoms with Crippen molar-refractivity contribution in [3.8, 4) is 0 Å². The fraction of sp³-hybridized carbons (Fsp3) is 0.0526. The van der Waals surface area contributed by atoms with Gasteiger partial charge in [0, 0.05) is 23.6 Å². The number of carbonyl (C=O) groups is 1. The quantitative estimate of drug-likeness (QED) is 0.738.